The van der Waals surface area contributed by atoms with E-state index in [0.29, 0.717) is 0 Å². The second-order valence-corrected chi connectivity index (χ2v) is 8.04. The van der Waals surface area contributed by atoms with Crippen LogP contribution in [0.1, 0.15) is 53.9 Å². The van der Waals surface area contributed by atoms with Gasteiger partial charge in [0, 0.05) is 19.6 Å². The zero-order valence-corrected chi connectivity index (χ0v) is 13.4. The molecule has 0 atom stereocenters. The smallest absolute Gasteiger partial charge is 0.161 e. The van der Waals surface area contributed by atoms with Crippen LogP contribution in [0.2, 0.25) is 0 Å². The van der Waals surface area contributed by atoms with Gasteiger partial charge in [0.05, 0.1) is 0 Å². The zero-order chi connectivity index (χ0) is 13.1. The van der Waals surface area contributed by atoms with E-state index < -0.39 is 7.71 Å². The molecule has 0 saturated heterocycles. The Balaban J connectivity index is 4.51. The fourth-order valence-electron chi connectivity index (χ4n) is 1.82. The van der Waals surface area contributed by atoms with Crippen molar-refractivity contribution < 1.29 is 0 Å². The third-order valence-corrected chi connectivity index (χ3v) is 6.10. The molecule has 0 radical (unpaired) electrons. The Hall–Kier alpha value is 0.310. The minimum Gasteiger partial charge on any atom is -0.161 e. The fraction of sp³-hybridized carbons (Fsp3) is 1.00. The van der Waals surface area contributed by atoms with Crippen LogP contribution in [0.3, 0.4) is 0 Å². The molecule has 0 spiro atoms. The lowest BCUT2D eigenvalue weighted by molar-refractivity contribution is 0.689. The molecule has 0 aliphatic rings. The van der Waals surface area contributed by atoms with Gasteiger partial charge in [-0.3, -0.25) is 0 Å². The van der Waals surface area contributed by atoms with E-state index in [1.54, 1.807) is 0 Å². The molecular weight excluding hydrogens is 229 g/mol. The summed E-state index contributed by atoms with van der Waals surface area (Å²) in [7, 11) is -1.35. The van der Waals surface area contributed by atoms with Crippen LogP contribution >= 0.6 is 7.71 Å². The van der Waals surface area contributed by atoms with Crippen LogP contribution in [0.15, 0.2) is 0 Å². The van der Waals surface area contributed by atoms with Crippen molar-refractivity contribution >= 4 is 7.71 Å². The highest BCUT2D eigenvalue weighted by Crippen LogP contribution is 2.47. The predicted octanol–water partition coefficient (Wildman–Crippen LogP) is 3.40. The third kappa shape index (κ3) is 8.10. The Morgan fingerprint density at radius 3 is 1.35 bits per heavy atom. The molecule has 17 heavy (non-hydrogen) atoms. The van der Waals surface area contributed by atoms with Gasteiger partial charge in [0.25, 0.3) is 0 Å². The van der Waals surface area contributed by atoms with Crippen molar-refractivity contribution in [2.45, 2.75) is 53.9 Å². The van der Waals surface area contributed by atoms with Crippen LogP contribution in [0, 0.1) is 5.92 Å². The largest absolute Gasteiger partial charge is 0.219 e. The first-order valence-corrected chi connectivity index (χ1v) is 9.21. The summed E-state index contributed by atoms with van der Waals surface area (Å²) in [6, 6.07) is 0. The Morgan fingerprint density at radius 1 is 0.765 bits per heavy atom. The molecule has 0 aliphatic heterocycles. The van der Waals surface area contributed by atoms with E-state index in [1.165, 1.54) is 25.4 Å². The van der Waals surface area contributed by atoms with E-state index in [9.17, 15) is 0 Å². The van der Waals surface area contributed by atoms with Gasteiger partial charge in [-0.05, 0) is 25.2 Å². The quantitative estimate of drug-likeness (QED) is 0.499. The zero-order valence-electron chi connectivity index (χ0n) is 12.5. The first-order chi connectivity index (χ1) is 8.10. The van der Waals surface area contributed by atoms with Crippen LogP contribution < -0.4 is 15.3 Å². The van der Waals surface area contributed by atoms with Crippen molar-refractivity contribution in [3.8, 4) is 0 Å². The average Bonchev–Trinajstić information content (AvgIpc) is 2.30. The molecule has 0 aromatic heterocycles. The minimum absolute atomic E-state index is 0.724. The highest BCUT2D eigenvalue weighted by Gasteiger charge is 2.37. The maximum absolute atomic E-state index is 3.77. The van der Waals surface area contributed by atoms with E-state index in [-0.39, 0.29) is 0 Å². The van der Waals surface area contributed by atoms with E-state index >= 15 is 0 Å². The summed E-state index contributed by atoms with van der Waals surface area (Å²) in [4.78, 5) is 0. The highest BCUT2D eigenvalue weighted by molar-refractivity contribution is 7.70. The van der Waals surface area contributed by atoms with Crippen LogP contribution in [-0.2, 0) is 0 Å². The normalized spacial score (nSPS) is 12.4. The molecule has 3 nitrogen and oxygen atoms in total. The summed E-state index contributed by atoms with van der Waals surface area (Å²) < 4.78 is 0. The average molecular weight is 262 g/mol. The van der Waals surface area contributed by atoms with Gasteiger partial charge in [-0.1, -0.05) is 34.6 Å². The number of hydrogen-bond donors (Lipinski definition) is 3. The second kappa shape index (κ2) is 10.3. The van der Waals surface area contributed by atoms with Gasteiger partial charge in [0.15, 0.2) is 0 Å². The SMILES string of the molecule is CCCN[P+](CC(C)C)(NCCC)NCCC. The van der Waals surface area contributed by atoms with E-state index in [1.807, 2.05) is 0 Å². The van der Waals surface area contributed by atoms with Crippen molar-refractivity contribution in [3.63, 3.8) is 0 Å². The van der Waals surface area contributed by atoms with Crippen LogP contribution in [0.5, 0.6) is 0 Å². The summed E-state index contributed by atoms with van der Waals surface area (Å²) in [5, 5.41) is 11.3. The van der Waals surface area contributed by atoms with Crippen LogP contribution in [-0.4, -0.2) is 25.8 Å². The first kappa shape index (κ1) is 17.3. The standard InChI is InChI=1S/C13H33N3P/c1-6-9-14-17(12-13(4)5,15-10-7-2)16-11-8-3/h13-16H,6-12H2,1-5H3/q+1. The fourth-order valence-corrected chi connectivity index (χ4v) is 5.45. The molecule has 0 amide bonds. The molecule has 4 heteroatoms. The maximum atomic E-state index is 3.77. The van der Waals surface area contributed by atoms with Crippen molar-refractivity contribution in [2.75, 3.05) is 25.8 Å². The van der Waals surface area contributed by atoms with E-state index in [4.69, 9.17) is 0 Å². The molecule has 0 saturated carbocycles. The number of nitrogens with one attached hydrogen (secondary N) is 3. The lowest BCUT2D eigenvalue weighted by Crippen LogP contribution is -2.41. The summed E-state index contributed by atoms with van der Waals surface area (Å²) in [5.41, 5.74) is 0. The molecule has 0 bridgehead atoms. The Bertz CT molecular complexity index is 152. The molecule has 0 aromatic rings. The molecular formula is C13H33N3P+. The Kier molecular flexibility index (Phi) is 10.4. The number of rotatable bonds is 11. The molecule has 0 heterocycles. The highest BCUT2D eigenvalue weighted by atomic mass is 31.2. The van der Waals surface area contributed by atoms with Gasteiger partial charge in [0.2, 0.25) is 7.71 Å². The van der Waals surface area contributed by atoms with Gasteiger partial charge < -0.3 is 0 Å². The Labute approximate surface area is 109 Å². The first-order valence-electron chi connectivity index (χ1n) is 7.23. The van der Waals surface area contributed by atoms with E-state index in [2.05, 4.69) is 49.9 Å². The molecule has 0 aliphatic carbocycles. The van der Waals surface area contributed by atoms with Crippen molar-refractivity contribution in [1.29, 1.82) is 0 Å². The summed E-state index contributed by atoms with van der Waals surface area (Å²) in [6.07, 6.45) is 4.82. The van der Waals surface area contributed by atoms with Gasteiger partial charge in [-0.15, -0.1) is 0 Å². The van der Waals surface area contributed by atoms with Gasteiger partial charge >= 0.3 is 0 Å². The summed E-state index contributed by atoms with van der Waals surface area (Å²) >= 11 is 0. The van der Waals surface area contributed by atoms with E-state index in [0.717, 1.165) is 25.6 Å². The molecule has 0 unspecified atom stereocenters. The van der Waals surface area contributed by atoms with Crippen LogP contribution in [0.4, 0.5) is 0 Å². The molecule has 104 valence electrons. The van der Waals surface area contributed by atoms with Crippen LogP contribution in [0.25, 0.3) is 0 Å². The van der Waals surface area contributed by atoms with Crippen molar-refractivity contribution in [1.82, 2.24) is 15.3 Å². The van der Waals surface area contributed by atoms with Gasteiger partial charge in [-0.2, -0.15) is 15.3 Å². The van der Waals surface area contributed by atoms with Crippen molar-refractivity contribution in [3.05, 3.63) is 0 Å². The molecule has 0 aromatic carbocycles. The number of hydrogen-bond acceptors (Lipinski definition) is 3. The van der Waals surface area contributed by atoms with Gasteiger partial charge in [-0.25, -0.2) is 0 Å². The lowest BCUT2D eigenvalue weighted by atomic mass is 10.3. The predicted molar refractivity (Wildman–Crippen MR) is 81.5 cm³/mol. The Morgan fingerprint density at radius 2 is 1.12 bits per heavy atom. The topological polar surface area (TPSA) is 36.1 Å². The molecule has 0 fully saturated rings. The van der Waals surface area contributed by atoms with Gasteiger partial charge in [0.1, 0.15) is 6.16 Å². The molecule has 0 rings (SSSR count). The minimum atomic E-state index is -1.35. The van der Waals surface area contributed by atoms with Crippen molar-refractivity contribution in [2.24, 2.45) is 5.92 Å². The monoisotopic (exact) mass is 262 g/mol. The second-order valence-electron chi connectivity index (χ2n) is 5.11. The summed E-state index contributed by atoms with van der Waals surface area (Å²) in [6.45, 7) is 14.6. The summed E-state index contributed by atoms with van der Waals surface area (Å²) in [5.74, 6) is 0.724. The third-order valence-electron chi connectivity index (χ3n) is 2.53. The lowest BCUT2D eigenvalue weighted by Gasteiger charge is -2.29. The molecule has 3 N–H and O–H groups in total. The maximum Gasteiger partial charge on any atom is 0.219 e.